The molecule has 106 valence electrons. The van der Waals surface area contributed by atoms with E-state index in [-0.39, 0.29) is 11.5 Å². The fraction of sp³-hybridized carbons (Fsp3) is 1.00. The van der Waals surface area contributed by atoms with Crippen molar-refractivity contribution in [2.24, 2.45) is 5.92 Å². The fourth-order valence-electron chi connectivity index (χ4n) is 3.31. The van der Waals surface area contributed by atoms with E-state index in [2.05, 4.69) is 0 Å². The predicted octanol–water partition coefficient (Wildman–Crippen LogP) is 1.48. The van der Waals surface area contributed by atoms with Crippen molar-refractivity contribution in [3.8, 4) is 0 Å². The average Bonchev–Trinajstić information content (AvgIpc) is 2.85. The maximum Gasteiger partial charge on any atom is 0.0940 e. The van der Waals surface area contributed by atoms with Crippen LogP contribution in [0.5, 0.6) is 0 Å². The highest BCUT2D eigenvalue weighted by Crippen LogP contribution is 2.40. The second-order valence-electron chi connectivity index (χ2n) is 5.84. The third kappa shape index (κ3) is 2.57. The first-order valence-corrected chi connectivity index (χ1v) is 7.17. The lowest BCUT2D eigenvalue weighted by atomic mass is 9.75. The zero-order valence-electron chi connectivity index (χ0n) is 11.5. The van der Waals surface area contributed by atoms with Crippen LogP contribution in [0.3, 0.4) is 0 Å². The van der Waals surface area contributed by atoms with Crippen molar-refractivity contribution >= 4 is 0 Å². The molecule has 0 amide bonds. The molecule has 2 saturated heterocycles. The zero-order chi connectivity index (χ0) is 13.2. The van der Waals surface area contributed by atoms with Crippen LogP contribution in [0, 0.1) is 5.92 Å². The normalized spacial score (nSPS) is 35.0. The summed E-state index contributed by atoms with van der Waals surface area (Å²) < 4.78 is 11.3. The molecule has 4 heteroatoms. The Kier molecular flexibility index (Phi) is 4.32. The smallest absolute Gasteiger partial charge is 0.0940 e. The molecule has 2 rings (SSSR count). The molecular formula is C14H26O4. The van der Waals surface area contributed by atoms with Gasteiger partial charge in [0.1, 0.15) is 0 Å². The Balaban J connectivity index is 2.04. The van der Waals surface area contributed by atoms with E-state index in [0.717, 1.165) is 25.9 Å². The van der Waals surface area contributed by atoms with Gasteiger partial charge in [-0.3, -0.25) is 0 Å². The molecule has 0 aliphatic carbocycles. The summed E-state index contributed by atoms with van der Waals surface area (Å²) in [5, 5.41) is 20.9. The molecule has 3 atom stereocenters. The number of ether oxygens (including phenoxy) is 2. The van der Waals surface area contributed by atoms with E-state index < -0.39 is 11.7 Å². The van der Waals surface area contributed by atoms with Gasteiger partial charge in [-0.25, -0.2) is 0 Å². The lowest BCUT2D eigenvalue weighted by Gasteiger charge is -2.43. The minimum absolute atomic E-state index is 0.116. The van der Waals surface area contributed by atoms with Crippen LogP contribution in [0.1, 0.15) is 46.0 Å². The molecule has 0 bridgehead atoms. The van der Waals surface area contributed by atoms with Crippen LogP contribution in [0.2, 0.25) is 0 Å². The summed E-state index contributed by atoms with van der Waals surface area (Å²) in [6, 6.07) is 0. The fourth-order valence-corrected chi connectivity index (χ4v) is 3.31. The van der Waals surface area contributed by atoms with Gasteiger partial charge >= 0.3 is 0 Å². The molecule has 2 fully saturated rings. The van der Waals surface area contributed by atoms with E-state index in [1.165, 1.54) is 0 Å². The summed E-state index contributed by atoms with van der Waals surface area (Å²) in [5.74, 6) is 0.116. The highest BCUT2D eigenvalue weighted by Gasteiger charge is 2.46. The zero-order valence-corrected chi connectivity index (χ0v) is 11.5. The largest absolute Gasteiger partial charge is 0.390 e. The van der Waals surface area contributed by atoms with Crippen LogP contribution < -0.4 is 0 Å². The molecule has 2 N–H and O–H groups in total. The van der Waals surface area contributed by atoms with Gasteiger partial charge in [0.15, 0.2) is 0 Å². The molecule has 0 aromatic rings. The summed E-state index contributed by atoms with van der Waals surface area (Å²) in [6.07, 6.45) is 3.06. The second-order valence-corrected chi connectivity index (χ2v) is 5.84. The Labute approximate surface area is 109 Å². The standard InChI is InChI=1S/C14H26O4/c1-3-14(16,4-2)12(15)11-5-7-18-13(9-11)6-8-17-10-13/h11-12,15-16H,3-10H2,1-2H3. The van der Waals surface area contributed by atoms with Crippen molar-refractivity contribution in [3.63, 3.8) is 0 Å². The van der Waals surface area contributed by atoms with Crippen molar-refractivity contribution in [2.45, 2.75) is 63.3 Å². The van der Waals surface area contributed by atoms with Crippen LogP contribution in [-0.4, -0.2) is 47.3 Å². The summed E-state index contributed by atoms with van der Waals surface area (Å²) >= 11 is 0. The molecule has 1 spiro atoms. The quantitative estimate of drug-likeness (QED) is 0.802. The molecule has 2 aliphatic heterocycles. The number of aliphatic hydroxyl groups is 2. The van der Waals surface area contributed by atoms with Gasteiger partial charge in [0, 0.05) is 19.6 Å². The van der Waals surface area contributed by atoms with E-state index in [0.29, 0.717) is 26.1 Å². The van der Waals surface area contributed by atoms with Crippen LogP contribution in [-0.2, 0) is 9.47 Å². The summed E-state index contributed by atoms with van der Waals surface area (Å²) in [7, 11) is 0. The van der Waals surface area contributed by atoms with Crippen LogP contribution in [0.15, 0.2) is 0 Å². The molecule has 18 heavy (non-hydrogen) atoms. The van der Waals surface area contributed by atoms with Gasteiger partial charge in [0.25, 0.3) is 0 Å². The molecular weight excluding hydrogens is 232 g/mol. The Morgan fingerprint density at radius 2 is 2.06 bits per heavy atom. The summed E-state index contributed by atoms with van der Waals surface area (Å²) in [5.41, 5.74) is -1.16. The third-order valence-corrected chi connectivity index (χ3v) is 4.82. The molecule has 2 heterocycles. The van der Waals surface area contributed by atoms with Crippen molar-refractivity contribution < 1.29 is 19.7 Å². The van der Waals surface area contributed by atoms with Gasteiger partial charge in [-0.15, -0.1) is 0 Å². The Morgan fingerprint density at radius 1 is 1.33 bits per heavy atom. The topological polar surface area (TPSA) is 58.9 Å². The molecule has 0 aromatic heterocycles. The number of hydrogen-bond donors (Lipinski definition) is 2. The second kappa shape index (κ2) is 5.45. The third-order valence-electron chi connectivity index (χ3n) is 4.82. The lowest BCUT2D eigenvalue weighted by molar-refractivity contribution is -0.159. The van der Waals surface area contributed by atoms with Crippen molar-refractivity contribution in [1.29, 1.82) is 0 Å². The first kappa shape index (κ1) is 14.3. The van der Waals surface area contributed by atoms with Gasteiger partial charge < -0.3 is 19.7 Å². The molecule has 4 nitrogen and oxygen atoms in total. The van der Waals surface area contributed by atoms with Crippen molar-refractivity contribution in [1.82, 2.24) is 0 Å². The first-order valence-electron chi connectivity index (χ1n) is 7.17. The maximum absolute atomic E-state index is 10.5. The Hall–Kier alpha value is -0.160. The number of hydrogen-bond acceptors (Lipinski definition) is 4. The maximum atomic E-state index is 10.5. The molecule has 0 radical (unpaired) electrons. The first-order chi connectivity index (χ1) is 8.55. The van der Waals surface area contributed by atoms with Gasteiger partial charge in [-0.1, -0.05) is 13.8 Å². The highest BCUT2D eigenvalue weighted by atomic mass is 16.6. The van der Waals surface area contributed by atoms with Crippen molar-refractivity contribution in [3.05, 3.63) is 0 Å². The van der Waals surface area contributed by atoms with Crippen molar-refractivity contribution in [2.75, 3.05) is 19.8 Å². The number of aliphatic hydroxyl groups excluding tert-OH is 1. The highest BCUT2D eigenvalue weighted by molar-refractivity contribution is 4.96. The minimum atomic E-state index is -0.956. The lowest BCUT2D eigenvalue weighted by Crippen LogP contribution is -2.51. The summed E-state index contributed by atoms with van der Waals surface area (Å²) in [6.45, 7) is 5.90. The van der Waals surface area contributed by atoms with Gasteiger partial charge in [0.05, 0.1) is 23.9 Å². The molecule has 0 saturated carbocycles. The van der Waals surface area contributed by atoms with Gasteiger partial charge in [-0.2, -0.15) is 0 Å². The molecule has 3 unspecified atom stereocenters. The number of rotatable bonds is 4. The van der Waals surface area contributed by atoms with E-state index in [1.54, 1.807) is 0 Å². The SMILES string of the molecule is CCC(O)(CC)C(O)C1CCOC2(CCOC2)C1. The average molecular weight is 258 g/mol. The van der Waals surface area contributed by atoms with Crippen LogP contribution in [0.4, 0.5) is 0 Å². The predicted molar refractivity (Wildman–Crippen MR) is 68.4 cm³/mol. The molecule has 2 aliphatic rings. The van der Waals surface area contributed by atoms with Gasteiger partial charge in [-0.05, 0) is 31.6 Å². The van der Waals surface area contributed by atoms with Crippen LogP contribution in [0.25, 0.3) is 0 Å². The monoisotopic (exact) mass is 258 g/mol. The summed E-state index contributed by atoms with van der Waals surface area (Å²) in [4.78, 5) is 0. The molecule has 0 aromatic carbocycles. The van der Waals surface area contributed by atoms with E-state index in [1.807, 2.05) is 13.8 Å². The van der Waals surface area contributed by atoms with Gasteiger partial charge in [0.2, 0.25) is 0 Å². The Morgan fingerprint density at radius 3 is 2.61 bits per heavy atom. The Bertz CT molecular complexity index is 269. The minimum Gasteiger partial charge on any atom is -0.390 e. The van der Waals surface area contributed by atoms with Crippen LogP contribution >= 0.6 is 0 Å². The van der Waals surface area contributed by atoms with E-state index in [4.69, 9.17) is 9.47 Å². The van der Waals surface area contributed by atoms with E-state index >= 15 is 0 Å². The van der Waals surface area contributed by atoms with E-state index in [9.17, 15) is 10.2 Å².